The summed E-state index contributed by atoms with van der Waals surface area (Å²) in [5.74, 6) is -4.13. The quantitative estimate of drug-likeness (QED) is 0.124. The highest BCUT2D eigenvalue weighted by Gasteiger charge is 2.48. The van der Waals surface area contributed by atoms with Crippen LogP contribution >= 0.6 is 0 Å². The molecule has 9 aliphatic heterocycles. The highest BCUT2D eigenvalue weighted by Crippen LogP contribution is 2.43. The minimum atomic E-state index is -3.39. The van der Waals surface area contributed by atoms with Crippen molar-refractivity contribution in [1.82, 2.24) is 45.9 Å². The summed E-state index contributed by atoms with van der Waals surface area (Å²) in [7, 11) is -3.39. The highest BCUT2D eigenvalue weighted by atomic mass is 32.2. The molecule has 4 aromatic rings. The number of imide groups is 4. The molecule has 87 heavy (non-hydrogen) atoms. The van der Waals surface area contributed by atoms with E-state index in [1.54, 1.807) is 36.4 Å². The maximum absolute atomic E-state index is 13.6. The fourth-order valence-corrected chi connectivity index (χ4v) is 14.4. The summed E-state index contributed by atoms with van der Waals surface area (Å²) >= 11 is 0. The average Bonchev–Trinajstić information content (AvgIpc) is 1.99. The predicted octanol–water partition coefficient (Wildman–Crippen LogP) is 2.46. The molecule has 0 aliphatic carbocycles. The van der Waals surface area contributed by atoms with Crippen LogP contribution in [0.1, 0.15) is 129 Å². The number of aromatic nitrogens is 2. The lowest BCUT2D eigenvalue weighted by atomic mass is 9.77. The molecule has 1 aromatic heterocycles. The molecular weight excluding hydrogens is 1140 g/mol. The number of fused-ring (bicyclic) bond motifs is 2. The minimum Gasteiger partial charge on any atom is -0.371 e. The van der Waals surface area contributed by atoms with Crippen molar-refractivity contribution >= 4 is 97.7 Å². The number of urea groups is 1. The Bertz CT molecular complexity index is 3670. The normalized spacial score (nSPS) is 23.4. The maximum Gasteiger partial charge on any atom is 0.317 e. The summed E-state index contributed by atoms with van der Waals surface area (Å²) in [6, 6.07) is 14.4. The van der Waals surface area contributed by atoms with Crippen molar-refractivity contribution in [3.8, 4) is 0 Å². The molecule has 3 unspecified atom stereocenters. The van der Waals surface area contributed by atoms with Crippen LogP contribution in [0.5, 0.6) is 0 Å². The molecule has 3 atom stereocenters. The highest BCUT2D eigenvalue weighted by molar-refractivity contribution is 7.90. The number of hydrogen-bond acceptors (Lipinski definition) is 19. The Morgan fingerprint density at radius 1 is 0.644 bits per heavy atom. The summed E-state index contributed by atoms with van der Waals surface area (Å²) in [5.41, 5.74) is 9.32. The number of rotatable bonds is 10. The molecule has 456 valence electrons. The summed E-state index contributed by atoms with van der Waals surface area (Å²) in [4.78, 5) is 145. The Morgan fingerprint density at radius 3 is 1.70 bits per heavy atom. The maximum atomic E-state index is 13.6. The second kappa shape index (κ2) is 23.1. The first-order valence-corrected chi connectivity index (χ1v) is 31.5. The molecule has 9 aliphatic rings. The number of primary amides is 1. The van der Waals surface area contributed by atoms with Gasteiger partial charge < -0.3 is 41.3 Å². The third-order valence-corrected chi connectivity index (χ3v) is 20.0. The van der Waals surface area contributed by atoms with Crippen molar-refractivity contribution in [2.45, 2.75) is 100 Å². The first-order valence-electron chi connectivity index (χ1n) is 29.6. The zero-order valence-electron chi connectivity index (χ0n) is 48.1. The summed E-state index contributed by atoms with van der Waals surface area (Å²) in [6.45, 7) is 7.86. The molecule has 27 heteroatoms. The van der Waals surface area contributed by atoms with Gasteiger partial charge in [-0.25, -0.2) is 23.2 Å². The van der Waals surface area contributed by atoms with Gasteiger partial charge in [-0.2, -0.15) is 0 Å². The van der Waals surface area contributed by atoms with Gasteiger partial charge in [-0.05, 0) is 142 Å². The number of nitrogens with zero attached hydrogens (tertiary/aromatic N) is 8. The second-order valence-electron chi connectivity index (χ2n) is 24.4. The molecule has 3 aromatic carbocycles. The largest absolute Gasteiger partial charge is 0.371 e. The van der Waals surface area contributed by atoms with E-state index in [1.807, 2.05) is 21.9 Å². The lowest BCUT2D eigenvalue weighted by molar-refractivity contribution is -0.137. The third-order valence-electron chi connectivity index (χ3n) is 18.9. The topological polar surface area (TPSA) is 336 Å². The van der Waals surface area contributed by atoms with Gasteiger partial charge in [0.15, 0.2) is 21.3 Å². The lowest BCUT2D eigenvalue weighted by Crippen LogP contribution is -2.54. The fourth-order valence-electron chi connectivity index (χ4n) is 13.8. The Kier molecular flexibility index (Phi) is 15.5. The zero-order valence-corrected chi connectivity index (χ0v) is 48.9. The molecule has 2 spiro atoms. The predicted molar refractivity (Wildman–Crippen MR) is 315 cm³/mol. The van der Waals surface area contributed by atoms with Gasteiger partial charge in [-0.3, -0.25) is 63.6 Å². The molecule has 0 radical (unpaired) electrons. The Morgan fingerprint density at radius 2 is 1.18 bits per heavy atom. The Hall–Kier alpha value is -8.85. The number of hydrogen-bond donors (Lipinski definition) is 6. The van der Waals surface area contributed by atoms with Crippen LogP contribution in [0.2, 0.25) is 0 Å². The SMILES string of the molecule is CS(=O)(=O)c1ccc(Nc2nc(N3CCCC(NC(=O)N4CCC5(CCN(c6ccc7c(c6)C(=O)N(C6CCC(=O)NC6=O)C7=O)CC5)C4)C3)cnc2C(N)=O)cc1.O=C1CCC(N2C(=O)c3ccc(N4CCC5(CCNC5)CC4)cc3C2=O)C(=O)N1. The van der Waals surface area contributed by atoms with Gasteiger partial charge in [0, 0.05) is 101 Å². The van der Waals surface area contributed by atoms with Crippen LogP contribution in [0, 0.1) is 10.8 Å². The van der Waals surface area contributed by atoms with Crippen LogP contribution in [0.4, 0.5) is 33.5 Å². The molecule has 10 heterocycles. The van der Waals surface area contributed by atoms with E-state index in [0.717, 1.165) is 98.6 Å². The van der Waals surface area contributed by atoms with Gasteiger partial charge in [0.05, 0.1) is 33.3 Å². The van der Waals surface area contributed by atoms with Crippen LogP contribution in [-0.4, -0.2) is 182 Å². The van der Waals surface area contributed by atoms with E-state index in [4.69, 9.17) is 5.73 Å². The van der Waals surface area contributed by atoms with Crippen molar-refractivity contribution in [2.24, 2.45) is 16.6 Å². The van der Waals surface area contributed by atoms with Gasteiger partial charge in [-0.15, -0.1) is 0 Å². The first-order chi connectivity index (χ1) is 41.6. The molecule has 11 amide bonds. The summed E-state index contributed by atoms with van der Waals surface area (Å²) < 4.78 is 23.8. The van der Waals surface area contributed by atoms with Crippen molar-refractivity contribution in [1.29, 1.82) is 0 Å². The van der Waals surface area contributed by atoms with Gasteiger partial charge in [0.25, 0.3) is 29.5 Å². The van der Waals surface area contributed by atoms with Gasteiger partial charge >= 0.3 is 6.03 Å². The first kappa shape index (κ1) is 58.5. The molecule has 7 fully saturated rings. The van der Waals surface area contributed by atoms with Crippen LogP contribution in [0.3, 0.4) is 0 Å². The van der Waals surface area contributed by atoms with E-state index < -0.39 is 69.2 Å². The second-order valence-corrected chi connectivity index (χ2v) is 26.4. The van der Waals surface area contributed by atoms with Crippen LogP contribution in [0.25, 0.3) is 0 Å². The van der Waals surface area contributed by atoms with Crippen molar-refractivity contribution < 1.29 is 56.4 Å². The zero-order chi connectivity index (χ0) is 61.1. The van der Waals surface area contributed by atoms with E-state index in [9.17, 15) is 56.4 Å². The van der Waals surface area contributed by atoms with E-state index >= 15 is 0 Å². The molecule has 0 saturated carbocycles. The van der Waals surface area contributed by atoms with Crippen molar-refractivity contribution in [3.63, 3.8) is 0 Å². The van der Waals surface area contributed by atoms with E-state index in [0.29, 0.717) is 67.3 Å². The number of carbonyl (C=O) groups excluding carboxylic acids is 10. The molecule has 0 bridgehead atoms. The molecule has 26 nitrogen and oxygen atoms in total. The van der Waals surface area contributed by atoms with Crippen molar-refractivity contribution in [3.05, 3.63) is 94.8 Å². The molecule has 13 rings (SSSR count). The van der Waals surface area contributed by atoms with Crippen LogP contribution in [0.15, 0.2) is 71.8 Å². The number of sulfone groups is 1. The number of carbonyl (C=O) groups is 10. The summed E-state index contributed by atoms with van der Waals surface area (Å²) in [5, 5.41) is 14.2. The van der Waals surface area contributed by atoms with Crippen LogP contribution < -0.4 is 47.0 Å². The minimum absolute atomic E-state index is 0.0379. The van der Waals surface area contributed by atoms with Gasteiger partial charge in [0.1, 0.15) is 17.9 Å². The third kappa shape index (κ3) is 11.6. The Balaban J connectivity index is 0.000000212. The van der Waals surface area contributed by atoms with Gasteiger partial charge in [0.2, 0.25) is 23.6 Å². The lowest BCUT2D eigenvalue weighted by Gasteiger charge is -2.40. The van der Waals surface area contributed by atoms with Gasteiger partial charge in [-0.1, -0.05) is 0 Å². The van der Waals surface area contributed by atoms with Crippen molar-refractivity contribution in [2.75, 3.05) is 91.7 Å². The number of amides is 11. The molecule has 7 saturated heterocycles. The smallest absolute Gasteiger partial charge is 0.317 e. The number of nitrogens with two attached hydrogens (primary N) is 1. The number of benzene rings is 3. The average molecular weight is 1210 g/mol. The number of anilines is 5. The number of likely N-dealkylation sites (tertiary alicyclic amines) is 1. The standard InChI is InChI=1S/C39H44N10O8S.C21H24N4O4/c1-58(56,57)26-7-4-23(5-8-26)42-34-32(33(40)51)41-20-30(44-34)47-15-2-3-24(21-47)43-38(55)48-18-14-39(22-48)12-16-46(17-13-39)25-6-9-27-28(19-25)37(54)49(36(27)53)29-10-11-31(50)45-35(29)52;26-17-4-3-16(18(27)23-17)25-19(28)14-2-1-13(11-15(14)20(25)29)24-9-6-21(7-10-24)5-8-22-12-21/h4-9,19-20,24,29H,2-3,10-18,21-22H2,1H3,(H2,40,51)(H,42,44)(H,43,55)(H,45,50,52);1-2,11,16,22H,3-10,12H2,(H,23,26,27). The van der Waals surface area contributed by atoms with E-state index in [2.05, 4.69) is 46.4 Å². The van der Waals surface area contributed by atoms with Crippen LogP contribution in [-0.2, 0) is 29.0 Å². The molecule has 7 N–H and O–H groups in total. The fraction of sp³-hybridized carbons (Fsp3) is 0.467. The number of nitrogens with one attached hydrogen (secondary N) is 5. The van der Waals surface area contributed by atoms with E-state index in [1.165, 1.54) is 24.8 Å². The summed E-state index contributed by atoms with van der Waals surface area (Å²) in [6.07, 6.45) is 10.6. The van der Waals surface area contributed by atoms with E-state index in [-0.39, 0.29) is 76.6 Å². The monoisotopic (exact) mass is 1210 g/mol. The Labute approximate surface area is 501 Å². The number of piperidine rings is 5. The molecular formula is C60H68N14O12S.